The number of benzene rings is 2. The molecule has 0 bridgehead atoms. The Balaban J connectivity index is 2.18. The van der Waals surface area contributed by atoms with Crippen molar-refractivity contribution < 1.29 is 9.84 Å². The Labute approximate surface area is 126 Å². The fraction of sp³-hybridized carbons (Fsp3) is 0.333. The molecule has 0 saturated heterocycles. The minimum atomic E-state index is 0.0326. The lowest BCUT2D eigenvalue weighted by Gasteiger charge is -2.24. The van der Waals surface area contributed by atoms with Crippen molar-refractivity contribution in [3.63, 3.8) is 0 Å². The Kier molecular flexibility index (Phi) is 5.23. The highest BCUT2D eigenvalue weighted by molar-refractivity contribution is 5.41. The van der Waals surface area contributed by atoms with Gasteiger partial charge in [0.25, 0.3) is 0 Å². The first-order valence-corrected chi connectivity index (χ1v) is 7.33. The van der Waals surface area contributed by atoms with Crippen LogP contribution in [0.2, 0.25) is 0 Å². The largest absolute Gasteiger partial charge is 0.508 e. The third-order valence-corrected chi connectivity index (χ3v) is 3.76. The number of nitrogens with one attached hydrogen (secondary N) is 1. The molecule has 0 aliphatic carbocycles. The number of hydrogen-bond acceptors (Lipinski definition) is 3. The van der Waals surface area contributed by atoms with Crippen LogP contribution in [-0.2, 0) is 0 Å². The molecular weight excluding hydrogens is 262 g/mol. The average Bonchev–Trinajstić information content (AvgIpc) is 2.53. The Morgan fingerprint density at radius 2 is 1.86 bits per heavy atom. The normalized spacial score (nSPS) is 13.7. The molecule has 2 aromatic carbocycles. The molecule has 3 heteroatoms. The Morgan fingerprint density at radius 1 is 1.14 bits per heavy atom. The maximum atomic E-state index is 10.1. The fourth-order valence-corrected chi connectivity index (χ4v) is 2.53. The molecule has 2 unspecified atom stereocenters. The number of phenols is 1. The van der Waals surface area contributed by atoms with E-state index in [1.165, 1.54) is 5.56 Å². The molecule has 0 aromatic heterocycles. The summed E-state index contributed by atoms with van der Waals surface area (Å²) in [5.74, 6) is 1.04. The van der Waals surface area contributed by atoms with Crippen LogP contribution in [0.5, 0.6) is 11.5 Å². The predicted octanol–water partition coefficient (Wildman–Crippen LogP) is 4.20. The molecule has 2 aromatic rings. The first-order valence-electron chi connectivity index (χ1n) is 7.33. The van der Waals surface area contributed by atoms with Gasteiger partial charge in [-0.15, -0.1) is 0 Å². The van der Waals surface area contributed by atoms with E-state index in [1.807, 2.05) is 24.3 Å². The summed E-state index contributed by atoms with van der Waals surface area (Å²) in [6, 6.07) is 16.0. The van der Waals surface area contributed by atoms with Crippen molar-refractivity contribution in [3.05, 3.63) is 59.7 Å². The Hall–Kier alpha value is -2.00. The second-order valence-electron chi connectivity index (χ2n) is 5.18. The lowest BCUT2D eigenvalue weighted by atomic mass is 10.0. The van der Waals surface area contributed by atoms with E-state index < -0.39 is 0 Å². The number of hydrogen-bond donors (Lipinski definition) is 2. The lowest BCUT2D eigenvalue weighted by molar-refractivity contribution is 0.401. The first kappa shape index (κ1) is 15.4. The van der Waals surface area contributed by atoms with Gasteiger partial charge in [-0.05, 0) is 37.1 Å². The smallest absolute Gasteiger partial charge is 0.120 e. The summed E-state index contributed by atoms with van der Waals surface area (Å²) in [5, 5.41) is 13.6. The molecule has 2 N–H and O–H groups in total. The van der Waals surface area contributed by atoms with Crippen molar-refractivity contribution in [1.29, 1.82) is 0 Å². The summed E-state index contributed by atoms with van der Waals surface area (Å²) in [5.41, 5.74) is 2.11. The monoisotopic (exact) mass is 285 g/mol. The summed E-state index contributed by atoms with van der Waals surface area (Å²) >= 11 is 0. The number of aromatic hydroxyl groups is 1. The van der Waals surface area contributed by atoms with Crippen molar-refractivity contribution in [1.82, 2.24) is 5.32 Å². The van der Waals surface area contributed by atoms with E-state index in [4.69, 9.17) is 4.74 Å². The van der Waals surface area contributed by atoms with Crippen molar-refractivity contribution in [3.8, 4) is 11.5 Å². The van der Waals surface area contributed by atoms with Gasteiger partial charge in [-0.25, -0.2) is 0 Å². The van der Waals surface area contributed by atoms with Gasteiger partial charge in [0.05, 0.1) is 7.11 Å². The number of ether oxygens (including phenoxy) is 1. The van der Waals surface area contributed by atoms with Crippen LogP contribution in [-0.4, -0.2) is 12.2 Å². The molecule has 0 aliphatic rings. The maximum absolute atomic E-state index is 10.1. The molecule has 0 heterocycles. The molecule has 0 spiro atoms. The van der Waals surface area contributed by atoms with E-state index in [2.05, 4.69) is 31.3 Å². The first-order chi connectivity index (χ1) is 10.2. The van der Waals surface area contributed by atoms with E-state index in [-0.39, 0.29) is 12.1 Å². The summed E-state index contributed by atoms with van der Waals surface area (Å²) < 4.78 is 5.24. The summed E-state index contributed by atoms with van der Waals surface area (Å²) in [6.45, 7) is 4.21. The standard InChI is InChI=1S/C18H23NO2/c1-4-17(14-8-6-5-7-9-14)19-13(2)16-12-15(21-3)10-11-18(16)20/h5-13,17,19-20H,4H2,1-3H3. The number of rotatable bonds is 6. The Morgan fingerprint density at radius 3 is 2.48 bits per heavy atom. The van der Waals surface area contributed by atoms with Crippen LogP contribution >= 0.6 is 0 Å². The second kappa shape index (κ2) is 7.14. The van der Waals surface area contributed by atoms with E-state index in [0.29, 0.717) is 5.75 Å². The van der Waals surface area contributed by atoms with E-state index in [1.54, 1.807) is 19.2 Å². The molecule has 0 saturated carbocycles. The number of phenolic OH excluding ortho intramolecular Hbond substituents is 1. The van der Waals surface area contributed by atoms with Gasteiger partial charge in [0.2, 0.25) is 0 Å². The second-order valence-corrected chi connectivity index (χ2v) is 5.18. The summed E-state index contributed by atoms with van der Waals surface area (Å²) in [6.07, 6.45) is 0.985. The predicted molar refractivity (Wildman–Crippen MR) is 85.7 cm³/mol. The van der Waals surface area contributed by atoms with Gasteiger partial charge in [0, 0.05) is 17.6 Å². The highest BCUT2D eigenvalue weighted by Crippen LogP contribution is 2.30. The van der Waals surface area contributed by atoms with Gasteiger partial charge in [-0.1, -0.05) is 37.3 Å². The van der Waals surface area contributed by atoms with Crippen LogP contribution in [0.1, 0.15) is 43.5 Å². The molecule has 21 heavy (non-hydrogen) atoms. The molecule has 3 nitrogen and oxygen atoms in total. The van der Waals surface area contributed by atoms with Crippen LogP contribution in [0.4, 0.5) is 0 Å². The topological polar surface area (TPSA) is 41.5 Å². The highest BCUT2D eigenvalue weighted by Gasteiger charge is 2.16. The van der Waals surface area contributed by atoms with Crippen molar-refractivity contribution in [2.75, 3.05) is 7.11 Å². The quantitative estimate of drug-likeness (QED) is 0.835. The van der Waals surface area contributed by atoms with Crippen LogP contribution in [0.15, 0.2) is 48.5 Å². The van der Waals surface area contributed by atoms with Gasteiger partial charge in [0.1, 0.15) is 11.5 Å². The Bertz CT molecular complexity index is 569. The molecule has 0 radical (unpaired) electrons. The van der Waals surface area contributed by atoms with Crippen molar-refractivity contribution in [2.24, 2.45) is 0 Å². The molecule has 112 valence electrons. The minimum absolute atomic E-state index is 0.0326. The number of methoxy groups -OCH3 is 1. The third-order valence-electron chi connectivity index (χ3n) is 3.76. The molecule has 0 aliphatic heterocycles. The zero-order valence-electron chi connectivity index (χ0n) is 12.8. The average molecular weight is 285 g/mol. The summed E-state index contributed by atoms with van der Waals surface area (Å²) in [4.78, 5) is 0. The lowest BCUT2D eigenvalue weighted by Crippen LogP contribution is -2.24. The minimum Gasteiger partial charge on any atom is -0.508 e. The van der Waals surface area contributed by atoms with Crippen LogP contribution < -0.4 is 10.1 Å². The highest BCUT2D eigenvalue weighted by atomic mass is 16.5. The maximum Gasteiger partial charge on any atom is 0.120 e. The zero-order chi connectivity index (χ0) is 15.2. The van der Waals surface area contributed by atoms with Gasteiger partial charge in [-0.3, -0.25) is 0 Å². The molecule has 0 amide bonds. The third kappa shape index (κ3) is 3.76. The molecular formula is C18H23NO2. The van der Waals surface area contributed by atoms with Crippen molar-refractivity contribution >= 4 is 0 Å². The van der Waals surface area contributed by atoms with Crippen LogP contribution in [0, 0.1) is 0 Å². The fourth-order valence-electron chi connectivity index (χ4n) is 2.53. The van der Waals surface area contributed by atoms with Gasteiger partial charge in [-0.2, -0.15) is 0 Å². The van der Waals surface area contributed by atoms with E-state index >= 15 is 0 Å². The van der Waals surface area contributed by atoms with Gasteiger partial charge >= 0.3 is 0 Å². The van der Waals surface area contributed by atoms with Crippen LogP contribution in [0.25, 0.3) is 0 Å². The van der Waals surface area contributed by atoms with Crippen LogP contribution in [0.3, 0.4) is 0 Å². The summed E-state index contributed by atoms with van der Waals surface area (Å²) in [7, 11) is 1.63. The molecule has 0 fully saturated rings. The SMILES string of the molecule is CCC(NC(C)c1cc(OC)ccc1O)c1ccccc1. The van der Waals surface area contributed by atoms with Crippen molar-refractivity contribution in [2.45, 2.75) is 32.4 Å². The molecule has 2 atom stereocenters. The van der Waals surface area contributed by atoms with Gasteiger partial charge in [0.15, 0.2) is 0 Å². The zero-order valence-corrected chi connectivity index (χ0v) is 12.8. The van der Waals surface area contributed by atoms with Gasteiger partial charge < -0.3 is 15.2 Å². The van der Waals surface area contributed by atoms with E-state index in [9.17, 15) is 5.11 Å². The molecule has 2 rings (SSSR count). The van der Waals surface area contributed by atoms with E-state index in [0.717, 1.165) is 17.7 Å².